The Balaban J connectivity index is 1.67. The van der Waals surface area contributed by atoms with E-state index in [2.05, 4.69) is 10.3 Å². The molecule has 0 radical (unpaired) electrons. The van der Waals surface area contributed by atoms with Crippen molar-refractivity contribution in [2.75, 3.05) is 39.4 Å². The van der Waals surface area contributed by atoms with Crippen molar-refractivity contribution in [3.05, 3.63) is 16.1 Å². The lowest BCUT2D eigenvalue weighted by Gasteiger charge is -2.26. The number of thiazole rings is 1. The van der Waals surface area contributed by atoms with Gasteiger partial charge in [0.25, 0.3) is 5.91 Å². The smallest absolute Gasteiger partial charge is 0.273 e. The first-order chi connectivity index (χ1) is 9.34. The lowest BCUT2D eigenvalue weighted by molar-refractivity contribution is 0.0299. The van der Waals surface area contributed by atoms with E-state index in [-0.39, 0.29) is 5.91 Å². The van der Waals surface area contributed by atoms with Gasteiger partial charge >= 0.3 is 0 Å². The predicted octanol–water partition coefficient (Wildman–Crippen LogP) is 1.08. The Labute approximate surface area is 117 Å². The van der Waals surface area contributed by atoms with Crippen molar-refractivity contribution in [2.45, 2.75) is 18.8 Å². The zero-order valence-corrected chi connectivity index (χ0v) is 11.7. The maximum absolute atomic E-state index is 12.3. The molecule has 2 fully saturated rings. The minimum atomic E-state index is 0.0553. The van der Waals surface area contributed by atoms with Crippen molar-refractivity contribution in [3.63, 3.8) is 0 Å². The molecule has 1 aromatic rings. The molecule has 1 N–H and O–H groups in total. The van der Waals surface area contributed by atoms with Crippen LogP contribution in [0.5, 0.6) is 0 Å². The average molecular weight is 281 g/mol. The van der Waals surface area contributed by atoms with E-state index >= 15 is 0 Å². The fourth-order valence-electron chi connectivity index (χ4n) is 2.57. The van der Waals surface area contributed by atoms with Gasteiger partial charge in [-0.2, -0.15) is 0 Å². The van der Waals surface area contributed by atoms with Crippen molar-refractivity contribution in [1.82, 2.24) is 15.2 Å². The lowest BCUT2D eigenvalue weighted by Crippen LogP contribution is -2.40. The minimum Gasteiger partial charge on any atom is -0.378 e. The van der Waals surface area contributed by atoms with Crippen LogP contribution in [-0.2, 0) is 4.74 Å². The number of carbonyl (C=O) groups excluding carboxylic acids is 1. The number of hydrogen-bond acceptors (Lipinski definition) is 5. The molecule has 2 aliphatic rings. The third-order valence-corrected chi connectivity index (χ3v) is 4.73. The topological polar surface area (TPSA) is 54.5 Å². The van der Waals surface area contributed by atoms with Gasteiger partial charge in [-0.1, -0.05) is 0 Å². The molecule has 0 unspecified atom stereocenters. The van der Waals surface area contributed by atoms with Crippen molar-refractivity contribution in [1.29, 1.82) is 0 Å². The SMILES string of the molecule is O=C(c1csc(C2CCNCC2)n1)N1CCOCC1. The summed E-state index contributed by atoms with van der Waals surface area (Å²) in [7, 11) is 0. The summed E-state index contributed by atoms with van der Waals surface area (Å²) in [4.78, 5) is 18.7. The Morgan fingerprint density at radius 1 is 1.37 bits per heavy atom. The fourth-order valence-corrected chi connectivity index (χ4v) is 3.54. The van der Waals surface area contributed by atoms with Crippen LogP contribution in [0.4, 0.5) is 0 Å². The number of piperidine rings is 1. The summed E-state index contributed by atoms with van der Waals surface area (Å²) in [5.74, 6) is 0.581. The summed E-state index contributed by atoms with van der Waals surface area (Å²) in [6.45, 7) is 4.74. The standard InChI is InChI=1S/C13H19N3O2S/c17-13(16-5-7-18-8-6-16)11-9-19-12(15-11)10-1-3-14-4-2-10/h9-10,14H,1-8H2. The Morgan fingerprint density at radius 3 is 2.84 bits per heavy atom. The first kappa shape index (κ1) is 13.0. The molecule has 104 valence electrons. The second kappa shape index (κ2) is 5.98. The zero-order valence-electron chi connectivity index (χ0n) is 10.9. The van der Waals surface area contributed by atoms with Gasteiger partial charge in [0.05, 0.1) is 18.2 Å². The van der Waals surface area contributed by atoms with Gasteiger partial charge in [0, 0.05) is 24.4 Å². The molecule has 0 bridgehead atoms. The molecule has 0 atom stereocenters. The number of nitrogens with zero attached hydrogens (tertiary/aromatic N) is 2. The second-order valence-corrected chi connectivity index (χ2v) is 5.89. The second-order valence-electron chi connectivity index (χ2n) is 5.00. The Kier molecular flexibility index (Phi) is 4.10. The predicted molar refractivity (Wildman–Crippen MR) is 73.7 cm³/mol. The van der Waals surface area contributed by atoms with Crippen LogP contribution in [0.1, 0.15) is 34.3 Å². The monoisotopic (exact) mass is 281 g/mol. The molecule has 0 spiro atoms. The van der Waals surface area contributed by atoms with E-state index in [1.807, 2.05) is 10.3 Å². The van der Waals surface area contributed by atoms with Gasteiger partial charge in [-0.25, -0.2) is 4.98 Å². The Morgan fingerprint density at radius 2 is 2.11 bits per heavy atom. The van der Waals surface area contributed by atoms with Crippen molar-refractivity contribution in [3.8, 4) is 0 Å². The molecule has 3 rings (SSSR count). The number of amides is 1. The Hall–Kier alpha value is -0.980. The summed E-state index contributed by atoms with van der Waals surface area (Å²) < 4.78 is 5.27. The molecule has 5 nitrogen and oxygen atoms in total. The molecule has 1 aromatic heterocycles. The molecule has 0 saturated carbocycles. The first-order valence-electron chi connectivity index (χ1n) is 6.88. The van der Waals surface area contributed by atoms with Crippen LogP contribution in [-0.4, -0.2) is 55.2 Å². The number of aromatic nitrogens is 1. The summed E-state index contributed by atoms with van der Waals surface area (Å²) in [6.07, 6.45) is 2.25. The van der Waals surface area contributed by atoms with E-state index < -0.39 is 0 Å². The van der Waals surface area contributed by atoms with E-state index in [9.17, 15) is 4.79 Å². The largest absolute Gasteiger partial charge is 0.378 e. The highest BCUT2D eigenvalue weighted by Crippen LogP contribution is 2.28. The molecule has 1 amide bonds. The molecular formula is C13H19N3O2S. The van der Waals surface area contributed by atoms with Crippen molar-refractivity contribution in [2.24, 2.45) is 0 Å². The molecule has 19 heavy (non-hydrogen) atoms. The number of nitrogens with one attached hydrogen (secondary N) is 1. The Bertz CT molecular complexity index is 437. The normalized spacial score (nSPS) is 21.6. The summed E-state index contributed by atoms with van der Waals surface area (Å²) >= 11 is 1.63. The van der Waals surface area contributed by atoms with E-state index in [1.165, 1.54) is 0 Å². The zero-order chi connectivity index (χ0) is 13.1. The van der Waals surface area contributed by atoms with Crippen molar-refractivity contribution < 1.29 is 9.53 Å². The van der Waals surface area contributed by atoms with Crippen LogP contribution in [0.2, 0.25) is 0 Å². The number of hydrogen-bond donors (Lipinski definition) is 1. The quantitative estimate of drug-likeness (QED) is 0.881. The van der Waals surface area contributed by atoms with Crippen LogP contribution < -0.4 is 5.32 Å². The summed E-state index contributed by atoms with van der Waals surface area (Å²) in [6, 6.07) is 0. The lowest BCUT2D eigenvalue weighted by atomic mass is 9.99. The van der Waals surface area contributed by atoms with Crippen LogP contribution in [0, 0.1) is 0 Å². The van der Waals surface area contributed by atoms with Crippen LogP contribution in [0.25, 0.3) is 0 Å². The van der Waals surface area contributed by atoms with Gasteiger partial charge in [-0.3, -0.25) is 4.79 Å². The molecule has 3 heterocycles. The third kappa shape index (κ3) is 2.96. The molecule has 0 aromatic carbocycles. The number of morpholine rings is 1. The number of rotatable bonds is 2. The highest BCUT2D eigenvalue weighted by molar-refractivity contribution is 7.09. The van der Waals surface area contributed by atoms with E-state index in [1.54, 1.807) is 11.3 Å². The average Bonchev–Trinajstić information content (AvgIpc) is 2.98. The molecule has 0 aliphatic carbocycles. The van der Waals surface area contributed by atoms with Crippen LogP contribution in [0.15, 0.2) is 5.38 Å². The van der Waals surface area contributed by atoms with E-state index in [4.69, 9.17) is 4.74 Å². The van der Waals surface area contributed by atoms with Crippen molar-refractivity contribution >= 4 is 17.2 Å². The highest BCUT2D eigenvalue weighted by atomic mass is 32.1. The first-order valence-corrected chi connectivity index (χ1v) is 7.76. The van der Waals surface area contributed by atoms with Gasteiger partial charge in [0.1, 0.15) is 5.69 Å². The number of carbonyl (C=O) groups is 1. The van der Waals surface area contributed by atoms with Gasteiger partial charge in [0.2, 0.25) is 0 Å². The fraction of sp³-hybridized carbons (Fsp3) is 0.692. The summed E-state index contributed by atoms with van der Waals surface area (Å²) in [5.41, 5.74) is 0.612. The molecule has 2 saturated heterocycles. The maximum Gasteiger partial charge on any atom is 0.273 e. The van der Waals surface area contributed by atoms with E-state index in [0.717, 1.165) is 30.9 Å². The van der Waals surface area contributed by atoms with Crippen LogP contribution in [0.3, 0.4) is 0 Å². The van der Waals surface area contributed by atoms with Gasteiger partial charge in [-0.05, 0) is 25.9 Å². The van der Waals surface area contributed by atoms with E-state index in [0.29, 0.717) is 37.9 Å². The minimum absolute atomic E-state index is 0.0553. The molecule has 2 aliphatic heterocycles. The summed E-state index contributed by atoms with van der Waals surface area (Å²) in [5, 5.41) is 6.39. The maximum atomic E-state index is 12.3. The highest BCUT2D eigenvalue weighted by Gasteiger charge is 2.23. The molecule has 6 heteroatoms. The van der Waals surface area contributed by atoms with Gasteiger partial charge in [0.15, 0.2) is 0 Å². The number of ether oxygens (including phenoxy) is 1. The molecular weight excluding hydrogens is 262 g/mol. The van der Waals surface area contributed by atoms with Crippen LogP contribution >= 0.6 is 11.3 Å². The van der Waals surface area contributed by atoms with Gasteiger partial charge in [-0.15, -0.1) is 11.3 Å². The third-order valence-electron chi connectivity index (χ3n) is 3.73. The van der Waals surface area contributed by atoms with Gasteiger partial charge < -0.3 is 15.0 Å².